The molecule has 3 nitrogen and oxygen atoms in total. The Hall–Kier alpha value is -2.36. The van der Waals surface area contributed by atoms with Crippen LogP contribution in [0.15, 0.2) is 99.6 Å². The van der Waals surface area contributed by atoms with E-state index in [1.54, 1.807) is 0 Å². The standard InChI is InChI=1S/C24H25S.C9H12F4O3S/c1-4-10-20(11-5-1)21-16-18-24(19-17-21)25(22-12-6-2-7-13-22)23-14-8-3-9-15-23;10-8(11,9(12,13)17(14,15)16)7-3-1-6(5-7)2-4-7/h2-3,6-9,12-20H,1,4-5,10-11H2;6H,1-5H2,(H,14,15,16)/q+1;/p-1. The van der Waals surface area contributed by atoms with Crippen molar-refractivity contribution in [3.63, 3.8) is 0 Å². The molecule has 0 amide bonds. The number of hydrogen-bond acceptors (Lipinski definition) is 3. The van der Waals surface area contributed by atoms with Crippen LogP contribution in [0.3, 0.4) is 0 Å². The molecule has 0 aliphatic heterocycles. The summed E-state index contributed by atoms with van der Waals surface area (Å²) in [7, 11) is -6.39. The summed E-state index contributed by atoms with van der Waals surface area (Å²) in [6, 6.07) is 31.3. The first-order valence-corrected chi connectivity index (χ1v) is 17.2. The fourth-order valence-electron chi connectivity index (χ4n) is 6.93. The summed E-state index contributed by atoms with van der Waals surface area (Å²) in [6.07, 6.45) is 7.31. The van der Waals surface area contributed by atoms with Crippen LogP contribution in [-0.2, 0) is 21.0 Å². The molecule has 3 aromatic rings. The van der Waals surface area contributed by atoms with Crippen LogP contribution in [0.5, 0.6) is 0 Å². The first-order valence-electron chi connectivity index (χ1n) is 14.6. The van der Waals surface area contributed by atoms with Crippen molar-refractivity contribution in [3.8, 4) is 0 Å². The third kappa shape index (κ3) is 6.02. The van der Waals surface area contributed by atoms with E-state index in [1.807, 2.05) is 0 Å². The molecule has 3 aliphatic rings. The van der Waals surface area contributed by atoms with Crippen LogP contribution in [0.25, 0.3) is 0 Å². The molecule has 0 unspecified atom stereocenters. The molecule has 0 aromatic heterocycles. The second kappa shape index (κ2) is 12.3. The topological polar surface area (TPSA) is 57.2 Å². The summed E-state index contributed by atoms with van der Waals surface area (Å²) in [5, 5.41) is -5.53. The molecule has 2 bridgehead atoms. The van der Waals surface area contributed by atoms with Gasteiger partial charge in [0, 0.05) is 5.41 Å². The van der Waals surface area contributed by atoms with E-state index in [1.165, 1.54) is 52.4 Å². The zero-order valence-corrected chi connectivity index (χ0v) is 25.0. The zero-order valence-electron chi connectivity index (χ0n) is 23.4. The van der Waals surface area contributed by atoms with Crippen molar-refractivity contribution in [1.29, 1.82) is 0 Å². The van der Waals surface area contributed by atoms with Crippen LogP contribution in [-0.4, -0.2) is 24.1 Å². The average molecular weight is 621 g/mol. The maximum atomic E-state index is 13.8. The number of fused-ring (bicyclic) bond motifs is 2. The Labute approximate surface area is 248 Å². The van der Waals surface area contributed by atoms with Crippen molar-refractivity contribution in [2.24, 2.45) is 11.3 Å². The SMILES string of the molecule is O=S(=O)([O-])C(F)(F)C(F)(F)C12CCC(CC1)C2.c1ccc([S+](c2ccccc2)c2ccc(C3CCCCC3)cc2)cc1. The summed E-state index contributed by atoms with van der Waals surface area (Å²) in [4.78, 5) is 4.19. The van der Waals surface area contributed by atoms with Crippen LogP contribution in [0.4, 0.5) is 17.6 Å². The Morgan fingerprint density at radius 1 is 0.690 bits per heavy atom. The van der Waals surface area contributed by atoms with Gasteiger partial charge in [0.2, 0.25) is 0 Å². The van der Waals surface area contributed by atoms with Crippen molar-refractivity contribution in [2.45, 2.75) is 96.0 Å². The monoisotopic (exact) mass is 620 g/mol. The molecule has 0 spiro atoms. The van der Waals surface area contributed by atoms with Crippen LogP contribution in [0.2, 0.25) is 0 Å². The van der Waals surface area contributed by atoms with Crippen LogP contribution >= 0.6 is 0 Å². The summed E-state index contributed by atoms with van der Waals surface area (Å²) in [5.74, 6) is -4.06. The van der Waals surface area contributed by atoms with E-state index < -0.39 is 26.7 Å². The van der Waals surface area contributed by atoms with Crippen LogP contribution < -0.4 is 0 Å². The van der Waals surface area contributed by atoms with Gasteiger partial charge in [-0.3, -0.25) is 0 Å². The lowest BCUT2D eigenvalue weighted by atomic mass is 9.78. The summed E-state index contributed by atoms with van der Waals surface area (Å²) in [6.45, 7) is 0. The molecule has 42 heavy (non-hydrogen) atoms. The second-order valence-corrected chi connectivity index (χ2v) is 15.3. The lowest BCUT2D eigenvalue weighted by molar-refractivity contribution is -0.229. The Bertz CT molecular complexity index is 1380. The van der Waals surface area contributed by atoms with E-state index in [4.69, 9.17) is 0 Å². The number of benzene rings is 3. The molecule has 0 saturated heterocycles. The van der Waals surface area contributed by atoms with Crippen molar-refractivity contribution < 1.29 is 30.5 Å². The van der Waals surface area contributed by atoms with Gasteiger partial charge in [-0.25, -0.2) is 8.42 Å². The summed E-state index contributed by atoms with van der Waals surface area (Å²) >= 11 is 0. The van der Waals surface area contributed by atoms with Gasteiger partial charge in [0.1, 0.15) is 0 Å². The molecule has 3 aliphatic carbocycles. The minimum absolute atomic E-state index is 0.0278. The van der Waals surface area contributed by atoms with Gasteiger partial charge in [-0.2, -0.15) is 17.6 Å². The van der Waals surface area contributed by atoms with Crippen molar-refractivity contribution in [3.05, 3.63) is 90.5 Å². The Balaban J connectivity index is 0.000000181. The van der Waals surface area contributed by atoms with E-state index in [2.05, 4.69) is 84.9 Å². The number of hydrogen-bond donors (Lipinski definition) is 0. The van der Waals surface area contributed by atoms with E-state index in [0.717, 1.165) is 5.92 Å². The number of halogens is 4. The third-order valence-corrected chi connectivity index (χ3v) is 12.4. The maximum absolute atomic E-state index is 13.8. The van der Waals surface area contributed by atoms with Gasteiger partial charge < -0.3 is 4.55 Å². The van der Waals surface area contributed by atoms with Crippen molar-refractivity contribution in [1.82, 2.24) is 0 Å². The first-order chi connectivity index (χ1) is 20.0. The zero-order chi connectivity index (χ0) is 30.0. The average Bonchev–Trinajstić information content (AvgIpc) is 3.63. The van der Waals surface area contributed by atoms with E-state index in [9.17, 15) is 30.5 Å². The maximum Gasteiger partial charge on any atom is 0.396 e. The molecule has 6 rings (SSSR count). The lowest BCUT2D eigenvalue weighted by Crippen LogP contribution is -2.56. The fraction of sp³-hybridized carbons (Fsp3) is 0.455. The largest absolute Gasteiger partial charge is 0.743 e. The first kappa shape index (κ1) is 31.1. The number of rotatable bonds is 7. The molecule has 3 saturated carbocycles. The normalized spacial score (nSPS) is 23.0. The molecule has 9 heteroatoms. The molecule has 0 heterocycles. The highest BCUT2D eigenvalue weighted by Crippen LogP contribution is 2.65. The Morgan fingerprint density at radius 2 is 1.17 bits per heavy atom. The third-order valence-electron chi connectivity index (χ3n) is 9.24. The van der Waals surface area contributed by atoms with E-state index in [0.29, 0.717) is 12.8 Å². The molecule has 0 atom stereocenters. The molecule has 226 valence electrons. The van der Waals surface area contributed by atoms with Crippen molar-refractivity contribution in [2.75, 3.05) is 0 Å². The lowest BCUT2D eigenvalue weighted by Gasteiger charge is -2.40. The molecule has 3 fully saturated rings. The van der Waals surface area contributed by atoms with Gasteiger partial charge >= 0.3 is 11.2 Å². The van der Waals surface area contributed by atoms with Gasteiger partial charge in [-0.15, -0.1) is 0 Å². The number of alkyl halides is 4. The predicted molar refractivity (Wildman–Crippen MR) is 156 cm³/mol. The van der Waals surface area contributed by atoms with E-state index in [-0.39, 0.29) is 36.1 Å². The van der Waals surface area contributed by atoms with Gasteiger partial charge in [0.15, 0.2) is 24.8 Å². The Morgan fingerprint density at radius 3 is 1.60 bits per heavy atom. The molecule has 0 N–H and O–H groups in total. The highest BCUT2D eigenvalue weighted by Gasteiger charge is 2.74. The van der Waals surface area contributed by atoms with Gasteiger partial charge in [0.25, 0.3) is 0 Å². The second-order valence-electron chi connectivity index (χ2n) is 11.8. The smallest absolute Gasteiger partial charge is 0.396 e. The molecular weight excluding hydrogens is 584 g/mol. The van der Waals surface area contributed by atoms with Gasteiger partial charge in [-0.1, -0.05) is 67.8 Å². The van der Waals surface area contributed by atoms with Crippen LogP contribution in [0, 0.1) is 11.3 Å². The van der Waals surface area contributed by atoms with Crippen LogP contribution in [0.1, 0.15) is 75.7 Å². The molecular formula is C33H36F4O3S2. The van der Waals surface area contributed by atoms with E-state index >= 15 is 0 Å². The highest BCUT2D eigenvalue weighted by atomic mass is 32.2. The minimum Gasteiger partial charge on any atom is -0.743 e. The quantitative estimate of drug-likeness (QED) is 0.150. The van der Waals surface area contributed by atoms with Crippen molar-refractivity contribution >= 4 is 21.0 Å². The molecule has 0 radical (unpaired) electrons. The minimum atomic E-state index is -6.36. The summed E-state index contributed by atoms with van der Waals surface area (Å²) in [5.41, 5.74) is -0.480. The Kier molecular flexibility index (Phi) is 9.12. The fourth-order valence-corrected chi connectivity index (χ4v) is 9.55. The van der Waals surface area contributed by atoms with Gasteiger partial charge in [0.05, 0.1) is 10.9 Å². The highest BCUT2D eigenvalue weighted by molar-refractivity contribution is 7.97. The predicted octanol–water partition coefficient (Wildman–Crippen LogP) is 9.17. The van der Waals surface area contributed by atoms with Gasteiger partial charge in [-0.05, 0) is 98.7 Å². The molecule has 3 aromatic carbocycles. The summed E-state index contributed by atoms with van der Waals surface area (Å²) < 4.78 is 84.9.